The maximum Gasteiger partial charge on any atom is 0.317 e. The van der Waals surface area contributed by atoms with Crippen LogP contribution in [-0.2, 0) is 4.79 Å². The van der Waals surface area contributed by atoms with Gasteiger partial charge in [-0.2, -0.15) is 0 Å². The first kappa shape index (κ1) is 14.5. The summed E-state index contributed by atoms with van der Waals surface area (Å²) in [5.41, 5.74) is 1.19. The molecule has 1 rings (SSSR count). The molecule has 1 aromatic carbocycles. The molecule has 18 heavy (non-hydrogen) atoms. The zero-order valence-corrected chi connectivity index (χ0v) is 11.2. The summed E-state index contributed by atoms with van der Waals surface area (Å²) in [6, 6.07) is 8.03. The maximum absolute atomic E-state index is 10.7. The quantitative estimate of drug-likeness (QED) is 0.807. The first-order valence-electron chi connectivity index (χ1n) is 6.14. The first-order valence-corrected chi connectivity index (χ1v) is 6.14. The van der Waals surface area contributed by atoms with Crippen LogP contribution in [0.4, 0.5) is 0 Å². The number of carboxylic acid groups (broad SMARTS) is 1. The molecule has 0 bridgehead atoms. The molecular weight excluding hydrogens is 230 g/mol. The van der Waals surface area contributed by atoms with Crippen LogP contribution in [0, 0.1) is 6.92 Å². The molecule has 100 valence electrons. The molecule has 4 heteroatoms. The molecule has 0 unspecified atom stereocenters. The van der Waals surface area contributed by atoms with Gasteiger partial charge in [-0.3, -0.25) is 9.69 Å². The number of ether oxygens (including phenoxy) is 1. The van der Waals surface area contributed by atoms with Crippen molar-refractivity contribution in [2.45, 2.75) is 26.8 Å². The Balaban J connectivity index is 2.38. The number of carbonyl (C=O) groups is 1. The zero-order chi connectivity index (χ0) is 13.5. The predicted molar refractivity (Wildman–Crippen MR) is 71.0 cm³/mol. The highest BCUT2D eigenvalue weighted by Gasteiger charge is 2.12. The molecule has 0 aromatic heterocycles. The molecule has 0 spiro atoms. The molecule has 0 aliphatic carbocycles. The highest BCUT2D eigenvalue weighted by atomic mass is 16.5. The van der Waals surface area contributed by atoms with Crippen LogP contribution in [0.25, 0.3) is 0 Å². The third-order valence-corrected chi connectivity index (χ3v) is 2.74. The van der Waals surface area contributed by atoms with Gasteiger partial charge in [0, 0.05) is 12.6 Å². The number of nitrogens with zero attached hydrogens (tertiary/aromatic N) is 1. The molecule has 0 atom stereocenters. The van der Waals surface area contributed by atoms with Crippen LogP contribution in [0.15, 0.2) is 24.3 Å². The van der Waals surface area contributed by atoms with Gasteiger partial charge in [0.05, 0.1) is 6.54 Å². The third kappa shape index (κ3) is 5.19. The second-order valence-electron chi connectivity index (χ2n) is 4.62. The monoisotopic (exact) mass is 251 g/mol. The Morgan fingerprint density at radius 1 is 1.33 bits per heavy atom. The molecule has 0 fully saturated rings. The average Bonchev–Trinajstić information content (AvgIpc) is 2.29. The topological polar surface area (TPSA) is 49.8 Å². The van der Waals surface area contributed by atoms with Crippen LogP contribution in [0.1, 0.15) is 19.4 Å². The summed E-state index contributed by atoms with van der Waals surface area (Å²) in [5, 5.41) is 8.80. The van der Waals surface area contributed by atoms with E-state index in [1.165, 1.54) is 5.56 Å². The minimum atomic E-state index is -0.806. The van der Waals surface area contributed by atoms with Gasteiger partial charge in [0.1, 0.15) is 12.4 Å². The minimum Gasteiger partial charge on any atom is -0.492 e. The fraction of sp³-hybridized carbons (Fsp3) is 0.500. The lowest BCUT2D eigenvalue weighted by Gasteiger charge is -2.24. The van der Waals surface area contributed by atoms with Crippen molar-refractivity contribution in [1.29, 1.82) is 0 Å². The van der Waals surface area contributed by atoms with Crippen molar-refractivity contribution in [3.8, 4) is 5.75 Å². The van der Waals surface area contributed by atoms with Crippen LogP contribution in [0.5, 0.6) is 5.75 Å². The van der Waals surface area contributed by atoms with Gasteiger partial charge >= 0.3 is 5.97 Å². The fourth-order valence-electron chi connectivity index (χ4n) is 1.61. The lowest BCUT2D eigenvalue weighted by Crippen LogP contribution is -2.38. The van der Waals surface area contributed by atoms with Crippen molar-refractivity contribution in [3.05, 3.63) is 29.8 Å². The van der Waals surface area contributed by atoms with Gasteiger partial charge in [-0.25, -0.2) is 0 Å². The van der Waals surface area contributed by atoms with E-state index in [-0.39, 0.29) is 12.6 Å². The molecule has 0 heterocycles. The van der Waals surface area contributed by atoms with Crippen LogP contribution in [0.3, 0.4) is 0 Å². The Hall–Kier alpha value is -1.55. The fourth-order valence-corrected chi connectivity index (χ4v) is 1.61. The summed E-state index contributed by atoms with van der Waals surface area (Å²) < 4.78 is 5.59. The van der Waals surface area contributed by atoms with Gasteiger partial charge in [0.25, 0.3) is 0 Å². The normalized spacial score (nSPS) is 10.9. The van der Waals surface area contributed by atoms with Gasteiger partial charge in [0.15, 0.2) is 0 Å². The van der Waals surface area contributed by atoms with E-state index in [9.17, 15) is 4.79 Å². The molecule has 0 aliphatic rings. The molecular formula is C14H21NO3. The first-order chi connectivity index (χ1) is 8.49. The Morgan fingerprint density at radius 3 is 2.44 bits per heavy atom. The Kier molecular flexibility index (Phi) is 5.65. The third-order valence-electron chi connectivity index (χ3n) is 2.74. The van der Waals surface area contributed by atoms with Gasteiger partial charge in [-0.15, -0.1) is 0 Å². The molecule has 0 saturated heterocycles. The van der Waals surface area contributed by atoms with E-state index in [4.69, 9.17) is 9.84 Å². The highest BCUT2D eigenvalue weighted by molar-refractivity contribution is 5.69. The predicted octanol–water partition coefficient (Wildman–Crippen LogP) is 2.17. The summed E-state index contributed by atoms with van der Waals surface area (Å²) in [7, 11) is 0. The van der Waals surface area contributed by atoms with Crippen LogP contribution in [0.2, 0.25) is 0 Å². The van der Waals surface area contributed by atoms with Crippen LogP contribution < -0.4 is 4.74 Å². The van der Waals surface area contributed by atoms with Crippen LogP contribution >= 0.6 is 0 Å². The Bertz CT molecular complexity index is 373. The number of benzene rings is 1. The molecule has 0 saturated carbocycles. The van der Waals surface area contributed by atoms with Crippen molar-refractivity contribution in [1.82, 2.24) is 4.90 Å². The van der Waals surface area contributed by atoms with Crippen molar-refractivity contribution in [2.24, 2.45) is 0 Å². The zero-order valence-electron chi connectivity index (χ0n) is 11.2. The van der Waals surface area contributed by atoms with Crippen molar-refractivity contribution >= 4 is 5.97 Å². The maximum atomic E-state index is 10.7. The van der Waals surface area contributed by atoms with Gasteiger partial charge in [0.2, 0.25) is 0 Å². The van der Waals surface area contributed by atoms with E-state index in [1.54, 1.807) is 0 Å². The van der Waals surface area contributed by atoms with E-state index in [2.05, 4.69) is 0 Å². The molecule has 0 radical (unpaired) electrons. The molecule has 1 N–H and O–H groups in total. The van der Waals surface area contributed by atoms with Crippen molar-refractivity contribution < 1.29 is 14.6 Å². The highest BCUT2D eigenvalue weighted by Crippen LogP contribution is 2.11. The summed E-state index contributed by atoms with van der Waals surface area (Å²) in [6.07, 6.45) is 0. The lowest BCUT2D eigenvalue weighted by molar-refractivity contribution is -0.138. The summed E-state index contributed by atoms with van der Waals surface area (Å²) in [5.74, 6) is 0.0127. The van der Waals surface area contributed by atoms with Crippen molar-refractivity contribution in [3.63, 3.8) is 0 Å². The number of rotatable bonds is 7. The lowest BCUT2D eigenvalue weighted by atomic mass is 10.2. The van der Waals surface area contributed by atoms with E-state index in [1.807, 2.05) is 49.9 Å². The van der Waals surface area contributed by atoms with E-state index >= 15 is 0 Å². The van der Waals surface area contributed by atoms with Crippen LogP contribution in [-0.4, -0.2) is 41.7 Å². The summed E-state index contributed by atoms with van der Waals surface area (Å²) in [6.45, 7) is 7.14. The second kappa shape index (κ2) is 7.01. The van der Waals surface area contributed by atoms with E-state index < -0.39 is 5.97 Å². The van der Waals surface area contributed by atoms with Gasteiger partial charge in [-0.05, 0) is 32.9 Å². The number of hydrogen-bond donors (Lipinski definition) is 1. The smallest absolute Gasteiger partial charge is 0.317 e. The number of carboxylic acids is 1. The summed E-state index contributed by atoms with van der Waals surface area (Å²) >= 11 is 0. The molecule has 0 aliphatic heterocycles. The Labute approximate surface area is 108 Å². The molecule has 4 nitrogen and oxygen atoms in total. The Morgan fingerprint density at radius 2 is 1.94 bits per heavy atom. The number of aliphatic carboxylic acids is 1. The molecule has 1 aromatic rings. The molecule has 0 amide bonds. The number of hydrogen-bond acceptors (Lipinski definition) is 3. The summed E-state index contributed by atoms with van der Waals surface area (Å²) in [4.78, 5) is 12.6. The van der Waals surface area contributed by atoms with E-state index in [0.717, 1.165) is 5.75 Å². The number of aryl methyl sites for hydroxylation is 1. The van der Waals surface area contributed by atoms with Crippen molar-refractivity contribution in [2.75, 3.05) is 19.7 Å². The minimum absolute atomic E-state index is 0.0505. The SMILES string of the molecule is Cc1ccc(OCCN(CC(=O)O)C(C)C)cc1. The largest absolute Gasteiger partial charge is 0.492 e. The average molecular weight is 251 g/mol. The standard InChI is InChI=1S/C14H21NO3/c1-11(2)15(10-14(16)17)8-9-18-13-6-4-12(3)5-7-13/h4-7,11H,8-10H2,1-3H3,(H,16,17). The van der Waals surface area contributed by atoms with Gasteiger partial charge < -0.3 is 9.84 Å². The second-order valence-corrected chi connectivity index (χ2v) is 4.62. The van der Waals surface area contributed by atoms with E-state index in [0.29, 0.717) is 13.2 Å². The van der Waals surface area contributed by atoms with Gasteiger partial charge in [-0.1, -0.05) is 17.7 Å².